The third-order valence-corrected chi connectivity index (χ3v) is 2.05. The van der Waals surface area contributed by atoms with Gasteiger partial charge in [-0.05, 0) is 6.92 Å². The van der Waals surface area contributed by atoms with Gasteiger partial charge in [-0.3, -0.25) is 14.9 Å². The van der Waals surface area contributed by atoms with Crippen molar-refractivity contribution < 1.29 is 14.5 Å². The molecular weight excluding hydrogens is 230 g/mol. The van der Waals surface area contributed by atoms with Crippen molar-refractivity contribution in [2.24, 2.45) is 0 Å². The van der Waals surface area contributed by atoms with Gasteiger partial charge in [0, 0.05) is 0 Å². The highest BCUT2D eigenvalue weighted by atomic mass is 16.6. The number of methoxy groups -OCH3 is 1. The number of ether oxygens (including phenoxy) is 1. The molecule has 1 aromatic rings. The zero-order chi connectivity index (χ0) is 13.2. The summed E-state index contributed by atoms with van der Waals surface area (Å²) in [5, 5.41) is 19.5. The summed E-state index contributed by atoms with van der Waals surface area (Å²) in [6, 6.07) is 1.45. The van der Waals surface area contributed by atoms with E-state index in [1.807, 2.05) is 0 Å². The van der Waals surface area contributed by atoms with E-state index in [-0.39, 0.29) is 5.69 Å². The molecule has 0 amide bonds. The molecule has 0 saturated heterocycles. The van der Waals surface area contributed by atoms with E-state index in [1.165, 1.54) is 13.0 Å². The first-order valence-electron chi connectivity index (χ1n) is 4.33. The first-order valence-corrected chi connectivity index (χ1v) is 4.33. The number of nitrogens with one attached hydrogen (secondary N) is 1. The third-order valence-electron chi connectivity index (χ3n) is 2.05. The van der Waals surface area contributed by atoms with Crippen molar-refractivity contribution in [1.82, 2.24) is 4.98 Å². The van der Waals surface area contributed by atoms with Gasteiger partial charge in [-0.2, -0.15) is 5.26 Å². The van der Waals surface area contributed by atoms with Crippen LogP contribution in [0.15, 0.2) is 4.79 Å². The van der Waals surface area contributed by atoms with Crippen LogP contribution in [0.3, 0.4) is 0 Å². The normalized spacial score (nSPS) is 9.47. The zero-order valence-corrected chi connectivity index (χ0v) is 8.94. The van der Waals surface area contributed by atoms with Crippen LogP contribution in [-0.4, -0.2) is 23.0 Å². The van der Waals surface area contributed by atoms with Gasteiger partial charge in [0.25, 0.3) is 5.56 Å². The molecule has 0 bridgehead atoms. The van der Waals surface area contributed by atoms with Gasteiger partial charge in [0.15, 0.2) is 5.56 Å². The summed E-state index contributed by atoms with van der Waals surface area (Å²) in [4.78, 5) is 34.9. The van der Waals surface area contributed by atoms with E-state index in [2.05, 4.69) is 9.72 Å². The summed E-state index contributed by atoms with van der Waals surface area (Å²) in [6.45, 7) is 1.26. The number of pyridine rings is 1. The minimum atomic E-state index is -1.09. The van der Waals surface area contributed by atoms with E-state index in [1.54, 1.807) is 0 Å². The lowest BCUT2D eigenvalue weighted by Gasteiger charge is -2.04. The van der Waals surface area contributed by atoms with Crippen molar-refractivity contribution in [3.05, 3.63) is 37.3 Å². The summed E-state index contributed by atoms with van der Waals surface area (Å²) < 4.78 is 4.33. The molecule has 8 heteroatoms. The predicted octanol–water partition coefficient (Wildman–Crippen LogP) is 0.250. The maximum absolute atomic E-state index is 11.4. The van der Waals surface area contributed by atoms with E-state index < -0.39 is 33.3 Å². The minimum Gasteiger partial charge on any atom is -0.465 e. The van der Waals surface area contributed by atoms with Crippen molar-refractivity contribution in [3.8, 4) is 6.07 Å². The second kappa shape index (κ2) is 4.44. The summed E-state index contributed by atoms with van der Waals surface area (Å²) >= 11 is 0. The molecule has 0 saturated carbocycles. The topological polar surface area (TPSA) is 126 Å². The average Bonchev–Trinajstić information content (AvgIpc) is 2.26. The molecule has 1 heterocycles. The van der Waals surface area contributed by atoms with Gasteiger partial charge in [-0.25, -0.2) is 4.79 Å². The van der Waals surface area contributed by atoms with E-state index in [9.17, 15) is 19.7 Å². The van der Waals surface area contributed by atoms with Gasteiger partial charge in [0.1, 0.15) is 11.6 Å². The Kier molecular flexibility index (Phi) is 3.23. The number of aromatic amines is 1. The SMILES string of the molecule is COC(=O)c1c([N+](=O)[O-])c(C)[nH]c(=O)c1C#N. The highest BCUT2D eigenvalue weighted by Crippen LogP contribution is 2.23. The number of nitro groups is 1. The summed E-state index contributed by atoms with van der Waals surface area (Å²) in [7, 11) is 1.00. The molecule has 0 fully saturated rings. The number of aryl methyl sites for hydroxylation is 1. The van der Waals surface area contributed by atoms with Gasteiger partial charge < -0.3 is 9.72 Å². The molecular formula is C9H7N3O5. The molecule has 0 radical (unpaired) electrons. The second-order valence-electron chi connectivity index (χ2n) is 3.04. The summed E-state index contributed by atoms with van der Waals surface area (Å²) in [5.74, 6) is -1.09. The van der Waals surface area contributed by atoms with Crippen LogP contribution in [0.25, 0.3) is 0 Å². The van der Waals surface area contributed by atoms with Crippen molar-refractivity contribution in [3.63, 3.8) is 0 Å². The number of rotatable bonds is 2. The number of nitriles is 1. The number of nitrogens with zero attached hydrogens (tertiary/aromatic N) is 2. The highest BCUT2D eigenvalue weighted by molar-refractivity contribution is 5.96. The number of esters is 1. The van der Waals surface area contributed by atoms with E-state index >= 15 is 0 Å². The molecule has 0 unspecified atom stereocenters. The molecule has 0 atom stereocenters. The van der Waals surface area contributed by atoms with E-state index in [0.29, 0.717) is 0 Å². The molecule has 0 spiro atoms. The number of hydrogen-bond donors (Lipinski definition) is 1. The monoisotopic (exact) mass is 237 g/mol. The van der Waals surface area contributed by atoms with Crippen LogP contribution in [-0.2, 0) is 4.74 Å². The number of carbonyl (C=O) groups is 1. The molecule has 8 nitrogen and oxygen atoms in total. The Balaban J connectivity index is 3.84. The van der Waals surface area contributed by atoms with Crippen molar-refractivity contribution >= 4 is 11.7 Å². The number of carbonyl (C=O) groups excluding carboxylic acids is 1. The van der Waals surface area contributed by atoms with Crippen molar-refractivity contribution in [2.45, 2.75) is 6.92 Å². The minimum absolute atomic E-state index is 0.112. The molecule has 1 rings (SSSR count). The Labute approximate surface area is 94.6 Å². The molecule has 0 aliphatic heterocycles. The van der Waals surface area contributed by atoms with Crippen LogP contribution in [0.5, 0.6) is 0 Å². The zero-order valence-electron chi connectivity index (χ0n) is 8.94. The van der Waals surface area contributed by atoms with Crippen LogP contribution in [0.1, 0.15) is 21.6 Å². The second-order valence-corrected chi connectivity index (χ2v) is 3.04. The molecule has 88 valence electrons. The maximum Gasteiger partial charge on any atom is 0.346 e. The highest BCUT2D eigenvalue weighted by Gasteiger charge is 2.30. The van der Waals surface area contributed by atoms with Crippen LogP contribution < -0.4 is 5.56 Å². The Morgan fingerprint density at radius 3 is 2.59 bits per heavy atom. The first-order chi connectivity index (χ1) is 7.93. The Morgan fingerprint density at radius 2 is 2.18 bits per heavy atom. The Hall–Kier alpha value is -2.69. The smallest absolute Gasteiger partial charge is 0.346 e. The Morgan fingerprint density at radius 1 is 1.59 bits per heavy atom. The van der Waals surface area contributed by atoms with Gasteiger partial charge in [0.05, 0.1) is 17.7 Å². The lowest BCUT2D eigenvalue weighted by atomic mass is 10.1. The lowest BCUT2D eigenvalue weighted by Crippen LogP contribution is -2.21. The van der Waals surface area contributed by atoms with Crippen molar-refractivity contribution in [1.29, 1.82) is 5.26 Å². The Bertz CT molecular complexity index is 596. The molecule has 17 heavy (non-hydrogen) atoms. The van der Waals surface area contributed by atoms with Crippen LogP contribution >= 0.6 is 0 Å². The summed E-state index contributed by atoms with van der Waals surface area (Å²) in [6.07, 6.45) is 0. The largest absolute Gasteiger partial charge is 0.465 e. The number of aromatic nitrogens is 1. The van der Waals surface area contributed by atoms with Crippen molar-refractivity contribution in [2.75, 3.05) is 7.11 Å². The van der Waals surface area contributed by atoms with Crippen LogP contribution in [0.4, 0.5) is 5.69 Å². The standard InChI is InChI=1S/C9H7N3O5/c1-4-7(12(15)16)6(9(14)17-2)5(3-10)8(13)11-4/h1-2H3,(H,11,13). The lowest BCUT2D eigenvalue weighted by molar-refractivity contribution is -0.386. The maximum atomic E-state index is 11.4. The number of hydrogen-bond acceptors (Lipinski definition) is 6. The molecule has 0 aromatic carbocycles. The van der Waals surface area contributed by atoms with Gasteiger partial charge in [-0.15, -0.1) is 0 Å². The fraction of sp³-hybridized carbons (Fsp3) is 0.222. The summed E-state index contributed by atoms with van der Waals surface area (Å²) in [5.41, 5.74) is -2.86. The molecule has 1 N–H and O–H groups in total. The molecule has 0 aliphatic rings. The fourth-order valence-corrected chi connectivity index (χ4v) is 1.35. The van der Waals surface area contributed by atoms with Gasteiger partial charge in [-0.1, -0.05) is 0 Å². The molecule has 0 aliphatic carbocycles. The van der Waals surface area contributed by atoms with Crippen LogP contribution in [0, 0.1) is 28.4 Å². The van der Waals surface area contributed by atoms with E-state index in [4.69, 9.17) is 5.26 Å². The average molecular weight is 237 g/mol. The third kappa shape index (κ3) is 1.98. The van der Waals surface area contributed by atoms with E-state index in [0.717, 1.165) is 7.11 Å². The van der Waals surface area contributed by atoms with Crippen LogP contribution in [0.2, 0.25) is 0 Å². The fourth-order valence-electron chi connectivity index (χ4n) is 1.35. The predicted molar refractivity (Wildman–Crippen MR) is 54.5 cm³/mol. The number of H-pyrrole nitrogens is 1. The molecule has 1 aromatic heterocycles. The van der Waals surface area contributed by atoms with Gasteiger partial charge in [0.2, 0.25) is 0 Å². The van der Waals surface area contributed by atoms with Gasteiger partial charge >= 0.3 is 11.7 Å². The quantitative estimate of drug-likeness (QED) is 0.446. The first kappa shape index (κ1) is 12.4.